The minimum Gasteiger partial charge on any atom is -0.490 e. The van der Waals surface area contributed by atoms with E-state index in [1.54, 1.807) is 6.07 Å². The molecular formula is C18H25NO7S. The van der Waals surface area contributed by atoms with Crippen molar-refractivity contribution in [2.24, 2.45) is 0 Å². The lowest BCUT2D eigenvalue weighted by Gasteiger charge is -2.13. The highest BCUT2D eigenvalue weighted by Crippen LogP contribution is 2.29. The van der Waals surface area contributed by atoms with Crippen LogP contribution < -0.4 is 14.8 Å². The van der Waals surface area contributed by atoms with Gasteiger partial charge in [0.15, 0.2) is 27.9 Å². The van der Waals surface area contributed by atoms with E-state index in [0.717, 1.165) is 6.42 Å². The Hall–Kier alpha value is -2.29. The summed E-state index contributed by atoms with van der Waals surface area (Å²) < 4.78 is 38.9. The first kappa shape index (κ1) is 21.0. The third kappa shape index (κ3) is 6.42. The van der Waals surface area contributed by atoms with Gasteiger partial charge in [-0.2, -0.15) is 0 Å². The van der Waals surface area contributed by atoms with Crippen molar-refractivity contribution >= 4 is 21.7 Å². The maximum absolute atomic E-state index is 12.2. The summed E-state index contributed by atoms with van der Waals surface area (Å²) in [5.41, 5.74) is 0.235. The van der Waals surface area contributed by atoms with Crippen molar-refractivity contribution in [3.05, 3.63) is 23.8 Å². The van der Waals surface area contributed by atoms with E-state index in [0.29, 0.717) is 31.1 Å². The lowest BCUT2D eigenvalue weighted by molar-refractivity contribution is -0.124. The summed E-state index contributed by atoms with van der Waals surface area (Å²) >= 11 is 0. The van der Waals surface area contributed by atoms with Gasteiger partial charge >= 0.3 is 5.97 Å². The normalized spacial score (nSPS) is 17.9. The van der Waals surface area contributed by atoms with Crippen LogP contribution in [0.15, 0.2) is 18.2 Å². The predicted molar refractivity (Wildman–Crippen MR) is 98.9 cm³/mol. The van der Waals surface area contributed by atoms with Gasteiger partial charge in [-0.15, -0.1) is 0 Å². The number of hydrogen-bond donors (Lipinski definition) is 1. The van der Waals surface area contributed by atoms with Gasteiger partial charge in [0.1, 0.15) is 0 Å². The quantitative estimate of drug-likeness (QED) is 0.624. The Bertz CT molecular complexity index is 776. The third-order valence-corrected chi connectivity index (χ3v) is 5.64. The molecule has 1 fully saturated rings. The maximum Gasteiger partial charge on any atom is 0.338 e. The molecule has 0 aliphatic carbocycles. The van der Waals surface area contributed by atoms with Gasteiger partial charge < -0.3 is 19.5 Å². The van der Waals surface area contributed by atoms with Crippen molar-refractivity contribution in [3.63, 3.8) is 0 Å². The van der Waals surface area contributed by atoms with Crippen LogP contribution in [0.4, 0.5) is 0 Å². The second-order valence-corrected chi connectivity index (χ2v) is 8.42. The SMILES string of the molecule is CCCOc1ccc(C(=O)OCC(=O)N[C@H]2CCS(=O)(=O)C2)cc1OCC. The highest BCUT2D eigenvalue weighted by Gasteiger charge is 2.29. The highest BCUT2D eigenvalue weighted by molar-refractivity contribution is 7.91. The van der Waals surface area contributed by atoms with E-state index in [4.69, 9.17) is 14.2 Å². The second-order valence-electron chi connectivity index (χ2n) is 6.19. The Kier molecular flexibility index (Phi) is 7.46. The van der Waals surface area contributed by atoms with Gasteiger partial charge in [-0.25, -0.2) is 13.2 Å². The average Bonchev–Trinajstić information content (AvgIpc) is 2.97. The minimum atomic E-state index is -3.08. The number of amides is 1. The summed E-state index contributed by atoms with van der Waals surface area (Å²) in [4.78, 5) is 24.0. The lowest BCUT2D eigenvalue weighted by atomic mass is 10.2. The van der Waals surface area contributed by atoms with Crippen molar-refractivity contribution < 1.29 is 32.2 Å². The molecule has 0 unspecified atom stereocenters. The standard InChI is InChI=1S/C18H25NO7S/c1-3-8-25-15-6-5-13(10-16(15)24-4-2)18(21)26-11-17(20)19-14-7-9-27(22,23)12-14/h5-6,10,14H,3-4,7-9,11-12H2,1-2H3,(H,19,20)/t14-/m0/s1. The average molecular weight is 399 g/mol. The first-order valence-electron chi connectivity index (χ1n) is 8.91. The van der Waals surface area contributed by atoms with E-state index in [-0.39, 0.29) is 17.1 Å². The molecule has 1 amide bonds. The van der Waals surface area contributed by atoms with E-state index < -0.39 is 34.4 Å². The molecule has 150 valence electrons. The highest BCUT2D eigenvalue weighted by atomic mass is 32.2. The summed E-state index contributed by atoms with van der Waals surface area (Å²) in [5, 5.41) is 2.57. The molecule has 0 bridgehead atoms. The summed E-state index contributed by atoms with van der Waals surface area (Å²) in [5.74, 6) is -0.254. The van der Waals surface area contributed by atoms with Crippen LogP contribution in [0.3, 0.4) is 0 Å². The van der Waals surface area contributed by atoms with Crippen LogP contribution in [0.1, 0.15) is 37.0 Å². The zero-order chi connectivity index (χ0) is 19.9. The van der Waals surface area contributed by atoms with Crippen LogP contribution in [-0.2, 0) is 19.4 Å². The number of sulfone groups is 1. The van der Waals surface area contributed by atoms with Crippen molar-refractivity contribution in [1.82, 2.24) is 5.32 Å². The molecule has 2 rings (SSSR count). The van der Waals surface area contributed by atoms with Crippen molar-refractivity contribution in [3.8, 4) is 11.5 Å². The molecule has 0 aromatic heterocycles. The fourth-order valence-electron chi connectivity index (χ4n) is 2.63. The molecule has 27 heavy (non-hydrogen) atoms. The van der Waals surface area contributed by atoms with Crippen molar-refractivity contribution in [2.45, 2.75) is 32.7 Å². The molecule has 1 aliphatic rings. The molecule has 1 N–H and O–H groups in total. The molecule has 1 atom stereocenters. The Labute approximate surface area is 159 Å². The monoisotopic (exact) mass is 399 g/mol. The number of nitrogens with one attached hydrogen (secondary N) is 1. The number of esters is 1. The van der Waals surface area contributed by atoms with E-state index in [2.05, 4.69) is 5.32 Å². The third-order valence-electron chi connectivity index (χ3n) is 3.87. The smallest absolute Gasteiger partial charge is 0.338 e. The van der Waals surface area contributed by atoms with Crippen LogP contribution >= 0.6 is 0 Å². The summed E-state index contributed by atoms with van der Waals surface area (Å²) in [7, 11) is -3.08. The van der Waals surface area contributed by atoms with Gasteiger partial charge in [-0.05, 0) is 38.0 Å². The Morgan fingerprint density at radius 2 is 1.96 bits per heavy atom. The molecule has 1 saturated heterocycles. The maximum atomic E-state index is 12.2. The molecular weight excluding hydrogens is 374 g/mol. The second kappa shape index (κ2) is 9.59. The number of carbonyl (C=O) groups excluding carboxylic acids is 2. The number of benzene rings is 1. The molecule has 9 heteroatoms. The summed E-state index contributed by atoms with van der Waals surface area (Å²) in [6, 6.07) is 4.25. The van der Waals surface area contributed by atoms with Crippen LogP contribution in [-0.4, -0.2) is 57.7 Å². The molecule has 0 radical (unpaired) electrons. The van der Waals surface area contributed by atoms with E-state index in [1.807, 2.05) is 13.8 Å². The lowest BCUT2D eigenvalue weighted by Crippen LogP contribution is -2.38. The van der Waals surface area contributed by atoms with Gasteiger partial charge in [-0.3, -0.25) is 4.79 Å². The van der Waals surface area contributed by atoms with Crippen molar-refractivity contribution in [1.29, 1.82) is 0 Å². The molecule has 0 spiro atoms. The van der Waals surface area contributed by atoms with Crippen LogP contribution in [0.25, 0.3) is 0 Å². The van der Waals surface area contributed by atoms with E-state index >= 15 is 0 Å². The van der Waals surface area contributed by atoms with Crippen LogP contribution in [0.5, 0.6) is 11.5 Å². The van der Waals surface area contributed by atoms with E-state index in [1.165, 1.54) is 12.1 Å². The number of rotatable bonds is 9. The minimum absolute atomic E-state index is 0.0599. The topological polar surface area (TPSA) is 108 Å². The Morgan fingerprint density at radius 3 is 2.59 bits per heavy atom. The zero-order valence-corrected chi connectivity index (χ0v) is 16.3. The molecule has 1 aliphatic heterocycles. The van der Waals surface area contributed by atoms with Gasteiger partial charge in [0.25, 0.3) is 5.91 Å². The Morgan fingerprint density at radius 1 is 1.19 bits per heavy atom. The molecule has 0 saturated carbocycles. The van der Waals surface area contributed by atoms with Gasteiger partial charge in [-0.1, -0.05) is 6.92 Å². The zero-order valence-electron chi connectivity index (χ0n) is 15.5. The van der Waals surface area contributed by atoms with Crippen molar-refractivity contribution in [2.75, 3.05) is 31.3 Å². The molecule has 1 aromatic rings. The fourth-order valence-corrected chi connectivity index (χ4v) is 4.30. The summed E-state index contributed by atoms with van der Waals surface area (Å²) in [6.45, 7) is 4.27. The Balaban J connectivity index is 1.91. The molecule has 1 aromatic carbocycles. The van der Waals surface area contributed by atoms with Crippen LogP contribution in [0, 0.1) is 0 Å². The largest absolute Gasteiger partial charge is 0.490 e. The van der Waals surface area contributed by atoms with Gasteiger partial charge in [0, 0.05) is 6.04 Å². The van der Waals surface area contributed by atoms with Gasteiger partial charge in [0.05, 0.1) is 30.3 Å². The van der Waals surface area contributed by atoms with E-state index in [9.17, 15) is 18.0 Å². The van der Waals surface area contributed by atoms with Gasteiger partial charge in [0.2, 0.25) is 0 Å². The number of ether oxygens (including phenoxy) is 3. The summed E-state index contributed by atoms with van der Waals surface area (Å²) in [6.07, 6.45) is 1.21. The molecule has 1 heterocycles. The fraction of sp³-hybridized carbons (Fsp3) is 0.556. The molecule has 8 nitrogen and oxygen atoms in total. The predicted octanol–water partition coefficient (Wildman–Crippen LogP) is 1.33. The first-order chi connectivity index (χ1) is 12.8. The number of carbonyl (C=O) groups is 2. The first-order valence-corrected chi connectivity index (χ1v) is 10.7. The van der Waals surface area contributed by atoms with Crippen LogP contribution in [0.2, 0.25) is 0 Å². The number of hydrogen-bond acceptors (Lipinski definition) is 7.